The van der Waals surface area contributed by atoms with Crippen LogP contribution in [0.25, 0.3) is 0 Å². The molecular formula is C8H11NO2. The van der Waals surface area contributed by atoms with Crippen LogP contribution in [0.3, 0.4) is 0 Å². The van der Waals surface area contributed by atoms with Gasteiger partial charge in [0.25, 0.3) is 0 Å². The molecule has 60 valence electrons. The first-order valence-corrected chi connectivity index (χ1v) is 3.71. The van der Waals surface area contributed by atoms with Crippen molar-refractivity contribution in [2.45, 2.75) is 24.3 Å². The zero-order chi connectivity index (χ0) is 8.22. The van der Waals surface area contributed by atoms with Gasteiger partial charge in [-0.2, -0.15) is 0 Å². The van der Waals surface area contributed by atoms with Gasteiger partial charge in [-0.15, -0.1) is 6.42 Å². The van der Waals surface area contributed by atoms with E-state index in [1.54, 1.807) is 11.9 Å². The highest BCUT2D eigenvalue weighted by Crippen LogP contribution is 2.52. The van der Waals surface area contributed by atoms with E-state index in [9.17, 15) is 10.2 Å². The van der Waals surface area contributed by atoms with Crippen molar-refractivity contribution in [3.63, 3.8) is 0 Å². The lowest BCUT2D eigenvalue weighted by Gasteiger charge is -2.27. The van der Waals surface area contributed by atoms with Gasteiger partial charge in [0.1, 0.15) is 6.23 Å². The fourth-order valence-corrected chi connectivity index (χ4v) is 1.97. The number of hydrogen-bond acceptors (Lipinski definition) is 3. The lowest BCUT2D eigenvalue weighted by molar-refractivity contribution is -0.0859. The molecule has 0 radical (unpaired) electrons. The van der Waals surface area contributed by atoms with Crippen molar-refractivity contribution >= 4 is 0 Å². The lowest BCUT2D eigenvalue weighted by Crippen LogP contribution is -2.46. The number of likely N-dealkylation sites (tertiary alicyclic amines) is 1. The first kappa shape index (κ1) is 7.11. The van der Waals surface area contributed by atoms with Crippen molar-refractivity contribution in [3.05, 3.63) is 0 Å². The fourth-order valence-electron chi connectivity index (χ4n) is 1.97. The van der Waals surface area contributed by atoms with E-state index in [-0.39, 0.29) is 5.92 Å². The summed E-state index contributed by atoms with van der Waals surface area (Å²) >= 11 is 0. The summed E-state index contributed by atoms with van der Waals surface area (Å²) in [6.45, 7) is 0. The van der Waals surface area contributed by atoms with Crippen LogP contribution in [0.5, 0.6) is 0 Å². The highest BCUT2D eigenvalue weighted by molar-refractivity contribution is 5.27. The molecule has 11 heavy (non-hydrogen) atoms. The van der Waals surface area contributed by atoms with E-state index in [1.807, 2.05) is 0 Å². The van der Waals surface area contributed by atoms with Crippen LogP contribution >= 0.6 is 0 Å². The summed E-state index contributed by atoms with van der Waals surface area (Å²) in [5.41, 5.74) is -1.29. The van der Waals surface area contributed by atoms with Gasteiger partial charge in [0, 0.05) is 12.0 Å². The lowest BCUT2D eigenvalue weighted by atomic mass is 9.99. The van der Waals surface area contributed by atoms with E-state index < -0.39 is 11.8 Å². The number of rotatable bonds is 0. The van der Waals surface area contributed by atoms with E-state index in [2.05, 4.69) is 5.92 Å². The zero-order valence-electron chi connectivity index (χ0n) is 6.36. The minimum atomic E-state index is -1.29. The summed E-state index contributed by atoms with van der Waals surface area (Å²) in [4.78, 5) is 1.74. The number of terminal acetylenes is 1. The molecule has 4 unspecified atom stereocenters. The monoisotopic (exact) mass is 153 g/mol. The van der Waals surface area contributed by atoms with E-state index in [0.29, 0.717) is 6.04 Å². The maximum absolute atomic E-state index is 9.72. The topological polar surface area (TPSA) is 43.7 Å². The second kappa shape index (κ2) is 1.78. The van der Waals surface area contributed by atoms with Crippen LogP contribution in [-0.4, -0.2) is 40.0 Å². The quantitative estimate of drug-likeness (QED) is 0.439. The molecule has 3 nitrogen and oxygen atoms in total. The molecule has 1 aliphatic carbocycles. The van der Waals surface area contributed by atoms with Crippen LogP contribution in [0.2, 0.25) is 0 Å². The molecule has 2 aliphatic rings. The van der Waals surface area contributed by atoms with Crippen molar-refractivity contribution in [2.75, 3.05) is 7.05 Å². The van der Waals surface area contributed by atoms with Gasteiger partial charge in [-0.25, -0.2) is 0 Å². The van der Waals surface area contributed by atoms with Crippen molar-refractivity contribution in [2.24, 2.45) is 5.92 Å². The predicted molar refractivity (Wildman–Crippen MR) is 39.4 cm³/mol. The molecule has 1 aliphatic heterocycles. The third-order valence-electron chi connectivity index (χ3n) is 2.86. The molecule has 1 saturated carbocycles. The van der Waals surface area contributed by atoms with Gasteiger partial charge in [-0.1, -0.05) is 5.92 Å². The van der Waals surface area contributed by atoms with Crippen LogP contribution in [0, 0.1) is 18.3 Å². The second-order valence-electron chi connectivity index (χ2n) is 3.42. The normalized spacial score (nSPS) is 55.3. The molecule has 0 aromatic carbocycles. The van der Waals surface area contributed by atoms with Crippen molar-refractivity contribution in [1.82, 2.24) is 4.90 Å². The maximum Gasteiger partial charge on any atom is 0.168 e. The maximum atomic E-state index is 9.72. The Morgan fingerprint density at radius 3 is 2.64 bits per heavy atom. The second-order valence-corrected chi connectivity index (χ2v) is 3.42. The summed E-state index contributed by atoms with van der Waals surface area (Å²) < 4.78 is 0. The number of aliphatic hydroxyl groups excluding tert-OH is 1. The van der Waals surface area contributed by atoms with Gasteiger partial charge in [-0.3, -0.25) is 4.90 Å². The SMILES string of the molecule is C#CC1(O)C2CC2N(C)C1O. The molecule has 0 bridgehead atoms. The Morgan fingerprint density at radius 1 is 1.73 bits per heavy atom. The molecule has 2 fully saturated rings. The van der Waals surface area contributed by atoms with Gasteiger partial charge in [0.15, 0.2) is 5.60 Å². The number of piperidine rings is 1. The molecular weight excluding hydrogens is 142 g/mol. The highest BCUT2D eigenvalue weighted by Gasteiger charge is 2.65. The van der Waals surface area contributed by atoms with Gasteiger partial charge < -0.3 is 10.2 Å². The summed E-state index contributed by atoms with van der Waals surface area (Å²) in [5, 5.41) is 19.2. The Morgan fingerprint density at radius 2 is 2.36 bits per heavy atom. The van der Waals surface area contributed by atoms with Gasteiger partial charge in [0.2, 0.25) is 0 Å². The Bertz CT molecular complexity index is 235. The minimum Gasteiger partial charge on any atom is -0.374 e. The standard InChI is InChI=1S/C8H11NO2/c1-3-8(11)5-4-6(5)9(2)7(8)10/h1,5-7,10-11H,4H2,2H3. The van der Waals surface area contributed by atoms with Gasteiger partial charge in [0.05, 0.1) is 0 Å². The largest absolute Gasteiger partial charge is 0.374 e. The smallest absolute Gasteiger partial charge is 0.168 e. The summed E-state index contributed by atoms with van der Waals surface area (Å²) in [6, 6.07) is 0.297. The molecule has 2 N–H and O–H groups in total. The van der Waals surface area contributed by atoms with Crippen LogP contribution in [0.1, 0.15) is 6.42 Å². The van der Waals surface area contributed by atoms with Crippen LogP contribution in [-0.2, 0) is 0 Å². The molecule has 4 atom stereocenters. The summed E-state index contributed by atoms with van der Waals surface area (Å²) in [6.07, 6.45) is 5.18. The van der Waals surface area contributed by atoms with Crippen LogP contribution in [0.15, 0.2) is 0 Å². The van der Waals surface area contributed by atoms with Gasteiger partial charge in [-0.05, 0) is 13.5 Å². The Hall–Kier alpha value is -0.560. The van der Waals surface area contributed by atoms with Crippen LogP contribution in [0.4, 0.5) is 0 Å². The number of hydrogen-bond donors (Lipinski definition) is 2. The number of nitrogens with zero attached hydrogens (tertiary/aromatic N) is 1. The average Bonchev–Trinajstić information content (AvgIpc) is 2.75. The molecule has 1 saturated heterocycles. The molecule has 0 spiro atoms. The number of aliphatic hydroxyl groups is 2. The zero-order valence-corrected chi connectivity index (χ0v) is 6.36. The Kier molecular flexibility index (Phi) is 1.15. The molecule has 0 amide bonds. The highest BCUT2D eigenvalue weighted by atomic mass is 16.4. The Labute approximate surface area is 65.6 Å². The van der Waals surface area contributed by atoms with Crippen molar-refractivity contribution in [1.29, 1.82) is 0 Å². The first-order valence-electron chi connectivity index (χ1n) is 3.71. The number of fused-ring (bicyclic) bond motifs is 1. The first-order chi connectivity index (χ1) is 5.11. The fraction of sp³-hybridized carbons (Fsp3) is 0.750. The van der Waals surface area contributed by atoms with Crippen molar-refractivity contribution < 1.29 is 10.2 Å². The summed E-state index contributed by atoms with van der Waals surface area (Å²) in [7, 11) is 1.78. The van der Waals surface area contributed by atoms with E-state index >= 15 is 0 Å². The minimum absolute atomic E-state index is 0.0903. The third kappa shape index (κ3) is 0.646. The van der Waals surface area contributed by atoms with Crippen molar-refractivity contribution in [3.8, 4) is 12.3 Å². The van der Waals surface area contributed by atoms with Gasteiger partial charge >= 0.3 is 0 Å². The molecule has 3 heteroatoms. The number of likely N-dealkylation sites (N-methyl/N-ethyl adjacent to an activating group) is 1. The van der Waals surface area contributed by atoms with E-state index in [4.69, 9.17) is 6.42 Å². The van der Waals surface area contributed by atoms with E-state index in [1.165, 1.54) is 0 Å². The summed E-state index contributed by atoms with van der Waals surface area (Å²) in [5.74, 6) is 2.37. The van der Waals surface area contributed by atoms with Crippen LogP contribution < -0.4 is 0 Å². The Balaban J connectivity index is 2.31. The molecule has 0 aromatic rings. The molecule has 2 rings (SSSR count). The molecule has 1 heterocycles. The predicted octanol–water partition coefficient (Wildman–Crippen LogP) is -0.997. The third-order valence-corrected chi connectivity index (χ3v) is 2.86. The molecule has 0 aromatic heterocycles. The van der Waals surface area contributed by atoms with E-state index in [0.717, 1.165) is 6.42 Å². The average molecular weight is 153 g/mol.